The van der Waals surface area contributed by atoms with Gasteiger partial charge in [0.15, 0.2) is 5.58 Å². The predicted molar refractivity (Wildman–Crippen MR) is 91.7 cm³/mol. The number of hydroxylamine groups is 1. The first-order valence-corrected chi connectivity index (χ1v) is 8.32. The van der Waals surface area contributed by atoms with E-state index in [0.29, 0.717) is 23.7 Å². The molecule has 9 heteroatoms. The second kappa shape index (κ2) is 7.63. The number of carbonyl (C=O) groups is 1. The molecule has 2 aromatic rings. The van der Waals surface area contributed by atoms with Gasteiger partial charge >= 0.3 is 0 Å². The lowest BCUT2D eigenvalue weighted by Gasteiger charge is -2.25. The Balaban J connectivity index is 1.82. The molecule has 1 unspecified atom stereocenters. The predicted octanol–water partition coefficient (Wildman–Crippen LogP) is 2.48. The Kier molecular flexibility index (Phi) is 5.29. The van der Waals surface area contributed by atoms with Crippen molar-refractivity contribution in [2.24, 2.45) is 16.3 Å². The van der Waals surface area contributed by atoms with Crippen LogP contribution in [0.25, 0.3) is 11.1 Å². The van der Waals surface area contributed by atoms with Crippen LogP contribution >= 0.6 is 0 Å². The zero-order valence-electron chi connectivity index (χ0n) is 14.6. The first-order chi connectivity index (χ1) is 12.5. The highest BCUT2D eigenvalue weighted by molar-refractivity contribution is 5.76. The molecule has 3 rings (SSSR count). The van der Waals surface area contributed by atoms with Crippen molar-refractivity contribution in [3.63, 3.8) is 0 Å². The number of fused-ring (bicyclic) bond motifs is 1. The summed E-state index contributed by atoms with van der Waals surface area (Å²) < 4.78 is 5.92. The molecule has 1 atom stereocenters. The van der Waals surface area contributed by atoms with Crippen LogP contribution in [0.3, 0.4) is 0 Å². The number of rotatable bonds is 6. The Labute approximate surface area is 150 Å². The average molecular weight is 359 g/mol. The minimum atomic E-state index is -0.509. The molecule has 0 spiro atoms. The van der Waals surface area contributed by atoms with E-state index in [2.05, 4.69) is 15.3 Å². The van der Waals surface area contributed by atoms with Gasteiger partial charge in [-0.15, -0.1) is 5.11 Å². The fraction of sp³-hybridized carbons (Fsp3) is 0.412. The number of aliphatic hydroxyl groups excluding tert-OH is 1. The lowest BCUT2D eigenvalue weighted by Crippen LogP contribution is -2.26. The number of nitrogens with zero attached hydrogens (tertiary/aromatic N) is 4. The average Bonchev–Trinajstić information content (AvgIpc) is 3.25. The highest BCUT2D eigenvalue weighted by atomic mass is 16.5. The lowest BCUT2D eigenvalue weighted by atomic mass is 10.0. The van der Waals surface area contributed by atoms with Gasteiger partial charge in [-0.3, -0.25) is 15.0 Å². The number of aromatic nitrogens is 1. The van der Waals surface area contributed by atoms with Crippen molar-refractivity contribution in [2.45, 2.75) is 32.9 Å². The van der Waals surface area contributed by atoms with Gasteiger partial charge in [-0.05, 0) is 29.7 Å². The smallest absolute Gasteiger partial charge is 0.247 e. The molecule has 1 aromatic carbocycles. The summed E-state index contributed by atoms with van der Waals surface area (Å²) in [5.41, 5.74) is 4.31. The van der Waals surface area contributed by atoms with Crippen LogP contribution in [-0.2, 0) is 11.4 Å². The molecule has 1 amide bonds. The van der Waals surface area contributed by atoms with Crippen LogP contribution in [0.1, 0.15) is 37.8 Å². The van der Waals surface area contributed by atoms with E-state index < -0.39 is 5.91 Å². The van der Waals surface area contributed by atoms with Crippen molar-refractivity contribution in [3.05, 3.63) is 41.4 Å². The topological polar surface area (TPSA) is 124 Å². The first kappa shape index (κ1) is 18.0. The third-order valence-corrected chi connectivity index (χ3v) is 4.12. The van der Waals surface area contributed by atoms with Crippen LogP contribution in [0.2, 0.25) is 0 Å². The second-order valence-corrected chi connectivity index (χ2v) is 6.42. The summed E-state index contributed by atoms with van der Waals surface area (Å²) in [5.74, 6) is 0.169. The van der Waals surface area contributed by atoms with E-state index in [-0.39, 0.29) is 25.0 Å². The largest absolute Gasteiger partial charge is 0.438 e. The highest BCUT2D eigenvalue weighted by Crippen LogP contribution is 2.34. The van der Waals surface area contributed by atoms with E-state index >= 15 is 0 Å². The van der Waals surface area contributed by atoms with Gasteiger partial charge in [0.25, 0.3) is 0 Å². The molecule has 1 aliphatic heterocycles. The maximum atomic E-state index is 11.1. The van der Waals surface area contributed by atoms with E-state index in [1.165, 1.54) is 0 Å². The summed E-state index contributed by atoms with van der Waals surface area (Å²) in [6.45, 7) is 4.43. The Morgan fingerprint density at radius 2 is 2.27 bits per heavy atom. The van der Waals surface area contributed by atoms with Crippen molar-refractivity contribution < 1.29 is 19.5 Å². The monoisotopic (exact) mass is 359 g/mol. The normalized spacial score (nSPS) is 16.8. The van der Waals surface area contributed by atoms with Crippen LogP contribution < -0.4 is 5.48 Å². The van der Waals surface area contributed by atoms with Crippen LogP contribution in [0.15, 0.2) is 44.7 Å². The fourth-order valence-corrected chi connectivity index (χ4v) is 2.83. The molecule has 1 aliphatic rings. The maximum Gasteiger partial charge on any atom is 0.247 e. The second-order valence-electron chi connectivity index (χ2n) is 6.42. The van der Waals surface area contributed by atoms with E-state index in [1.807, 2.05) is 26.0 Å². The molecular formula is C17H21N5O4. The number of hydrogen-bond acceptors (Lipinski definition) is 8. The van der Waals surface area contributed by atoms with Crippen molar-refractivity contribution in [1.29, 1.82) is 0 Å². The van der Waals surface area contributed by atoms with Crippen LogP contribution in [-0.4, -0.2) is 32.8 Å². The van der Waals surface area contributed by atoms with Crippen LogP contribution in [0.4, 0.5) is 0 Å². The number of benzene rings is 1. The van der Waals surface area contributed by atoms with E-state index in [9.17, 15) is 9.90 Å². The molecule has 2 heterocycles. The summed E-state index contributed by atoms with van der Waals surface area (Å²) in [6, 6.07) is 5.17. The molecule has 138 valence electrons. The van der Waals surface area contributed by atoms with Gasteiger partial charge in [0, 0.05) is 6.42 Å². The van der Waals surface area contributed by atoms with Crippen molar-refractivity contribution in [3.8, 4) is 0 Å². The van der Waals surface area contributed by atoms with Crippen molar-refractivity contribution in [2.75, 3.05) is 6.54 Å². The van der Waals surface area contributed by atoms with Gasteiger partial charge < -0.3 is 9.52 Å². The summed E-state index contributed by atoms with van der Waals surface area (Å²) >= 11 is 0. The summed E-state index contributed by atoms with van der Waals surface area (Å²) in [4.78, 5) is 15.7. The third kappa shape index (κ3) is 3.73. The van der Waals surface area contributed by atoms with Gasteiger partial charge in [0.2, 0.25) is 11.8 Å². The molecule has 0 saturated heterocycles. The number of nitrogens with one attached hydrogen (secondary N) is 1. The highest BCUT2D eigenvalue weighted by Gasteiger charge is 2.31. The molecule has 3 N–H and O–H groups in total. The number of hydrogen-bond donors (Lipinski definition) is 3. The number of aliphatic hydroxyl groups is 1. The molecule has 9 nitrogen and oxygen atoms in total. The Bertz CT molecular complexity index is 858. The SMILES string of the molecule is CC(C)C(c1nc2ccc(CO)cc2o1)N1C/C(=C/CC(=O)NO)N=N1. The quantitative estimate of drug-likeness (QED) is 0.538. The first-order valence-electron chi connectivity index (χ1n) is 8.32. The van der Waals surface area contributed by atoms with Crippen molar-refractivity contribution in [1.82, 2.24) is 15.5 Å². The van der Waals surface area contributed by atoms with E-state index in [4.69, 9.17) is 9.62 Å². The fourth-order valence-electron chi connectivity index (χ4n) is 2.83. The van der Waals surface area contributed by atoms with Gasteiger partial charge in [-0.1, -0.05) is 25.1 Å². The minimum absolute atomic E-state index is 0.0257. The molecule has 26 heavy (non-hydrogen) atoms. The molecular weight excluding hydrogens is 338 g/mol. The van der Waals surface area contributed by atoms with Gasteiger partial charge in [-0.2, -0.15) is 0 Å². The Hall–Kier alpha value is -2.78. The third-order valence-electron chi connectivity index (χ3n) is 4.12. The molecule has 0 radical (unpaired) electrons. The number of amides is 1. The lowest BCUT2D eigenvalue weighted by molar-refractivity contribution is -0.128. The standard InChI is InChI=1S/C17H21N5O4/c1-10(2)16(22-8-12(19-21-22)4-6-15(24)20-25)17-18-13-5-3-11(9-23)7-14(13)26-17/h3-5,7,10,16,23,25H,6,8-9H2,1-2H3,(H,20,24)/b12-4-. The molecule has 0 aliphatic carbocycles. The van der Waals surface area contributed by atoms with E-state index in [1.54, 1.807) is 22.6 Å². The van der Waals surface area contributed by atoms with Gasteiger partial charge in [-0.25, -0.2) is 10.5 Å². The Morgan fingerprint density at radius 1 is 1.46 bits per heavy atom. The molecule has 1 aromatic heterocycles. The summed E-state index contributed by atoms with van der Waals surface area (Å²) in [5, 5.41) is 27.8. The maximum absolute atomic E-state index is 11.1. The zero-order chi connectivity index (χ0) is 18.7. The van der Waals surface area contributed by atoms with Gasteiger partial charge in [0.1, 0.15) is 11.6 Å². The summed E-state index contributed by atoms with van der Waals surface area (Å²) in [7, 11) is 0. The zero-order valence-corrected chi connectivity index (χ0v) is 14.6. The molecule has 0 bridgehead atoms. The molecule has 0 fully saturated rings. The molecule has 0 saturated carbocycles. The number of oxazole rings is 1. The minimum Gasteiger partial charge on any atom is -0.438 e. The van der Waals surface area contributed by atoms with Crippen LogP contribution in [0.5, 0.6) is 0 Å². The number of carbonyl (C=O) groups excluding carboxylic acids is 1. The summed E-state index contributed by atoms with van der Waals surface area (Å²) in [6.07, 6.45) is 1.64. The van der Waals surface area contributed by atoms with E-state index in [0.717, 1.165) is 11.1 Å². The Morgan fingerprint density at radius 3 is 2.96 bits per heavy atom. The van der Waals surface area contributed by atoms with Gasteiger partial charge in [0.05, 0.1) is 18.8 Å². The van der Waals surface area contributed by atoms with Crippen LogP contribution in [0, 0.1) is 5.92 Å². The van der Waals surface area contributed by atoms with Crippen molar-refractivity contribution >= 4 is 17.0 Å².